The van der Waals surface area contributed by atoms with Gasteiger partial charge in [0.05, 0.1) is 0 Å². The quantitative estimate of drug-likeness (QED) is 0.431. The predicted octanol–water partition coefficient (Wildman–Crippen LogP) is 0.752. The fourth-order valence-electron chi connectivity index (χ4n) is 0.294. The third kappa shape index (κ3) is 4.14. The molecule has 0 saturated heterocycles. The molecule has 0 unspecified atom stereocenters. The van der Waals surface area contributed by atoms with Crippen molar-refractivity contribution in [3.05, 3.63) is 0 Å². The van der Waals surface area contributed by atoms with Gasteiger partial charge in [-0.3, -0.25) is 4.79 Å². The second kappa shape index (κ2) is 3.92. The van der Waals surface area contributed by atoms with Crippen LogP contribution in [-0.4, -0.2) is 20.9 Å². The Balaban J connectivity index is 3.25. The molecule has 8 heavy (non-hydrogen) atoms. The van der Waals surface area contributed by atoms with Gasteiger partial charge < -0.3 is 4.43 Å². The highest BCUT2D eigenvalue weighted by Gasteiger charge is 2.01. The van der Waals surface area contributed by atoms with Gasteiger partial charge in [-0.2, -0.15) is 0 Å². The molecule has 0 spiro atoms. The van der Waals surface area contributed by atoms with Crippen molar-refractivity contribution in [2.75, 3.05) is 5.88 Å². The molecule has 4 heteroatoms. The fourth-order valence-corrected chi connectivity index (χ4v) is 1.07. The molecule has 0 aliphatic carbocycles. The number of hydrogen-bond acceptors (Lipinski definition) is 2. The van der Waals surface area contributed by atoms with E-state index in [2.05, 4.69) is 0 Å². The van der Waals surface area contributed by atoms with Crippen LogP contribution in [0, 0.1) is 0 Å². The summed E-state index contributed by atoms with van der Waals surface area (Å²) in [7, 11) is -1.18. The average Bonchev–Trinajstić information content (AvgIpc) is 1.65. The molecule has 0 aliphatic rings. The van der Waals surface area contributed by atoms with Gasteiger partial charge in [0.15, 0.2) is 0 Å². The van der Waals surface area contributed by atoms with Crippen LogP contribution in [0.15, 0.2) is 0 Å². The molecule has 2 nitrogen and oxygen atoms in total. The highest BCUT2D eigenvalue weighted by molar-refractivity contribution is 6.51. The van der Waals surface area contributed by atoms with E-state index in [-0.39, 0.29) is 11.8 Å². The first-order valence-electron chi connectivity index (χ1n) is 2.42. The van der Waals surface area contributed by atoms with Crippen molar-refractivity contribution >= 4 is 26.6 Å². The average molecular weight is 153 g/mol. The maximum Gasteiger partial charge on any atom is 0.307 e. The Morgan fingerprint density at radius 3 is 2.38 bits per heavy atom. The molecule has 0 rings (SSSR count). The Kier molecular flexibility index (Phi) is 3.91. The summed E-state index contributed by atoms with van der Waals surface area (Å²) in [5, 5.41) is 0. The SMILES string of the molecule is C[SiH](C)OC(=O)CCl. The van der Waals surface area contributed by atoms with E-state index >= 15 is 0 Å². The third-order valence-corrected chi connectivity index (χ3v) is 1.43. The van der Waals surface area contributed by atoms with Crippen molar-refractivity contribution in [2.24, 2.45) is 0 Å². The fraction of sp³-hybridized carbons (Fsp3) is 0.750. The van der Waals surface area contributed by atoms with Crippen molar-refractivity contribution < 1.29 is 9.22 Å². The number of halogens is 1. The molecule has 0 bridgehead atoms. The molecule has 0 aromatic heterocycles. The summed E-state index contributed by atoms with van der Waals surface area (Å²) in [6.45, 7) is 3.84. The van der Waals surface area contributed by atoms with E-state index in [9.17, 15) is 4.79 Å². The molecule has 0 fully saturated rings. The molecule has 0 amide bonds. The van der Waals surface area contributed by atoms with Crippen LogP contribution in [0.1, 0.15) is 0 Å². The highest BCUT2D eigenvalue weighted by atomic mass is 35.5. The Labute approximate surface area is 55.5 Å². The van der Waals surface area contributed by atoms with Gasteiger partial charge in [-0.25, -0.2) is 0 Å². The standard InChI is InChI=1S/C4H9ClO2Si/c1-8(2)7-4(6)3-5/h8H,3H2,1-2H3. The van der Waals surface area contributed by atoms with E-state index in [0.717, 1.165) is 0 Å². The van der Waals surface area contributed by atoms with E-state index < -0.39 is 9.04 Å². The topological polar surface area (TPSA) is 26.3 Å². The van der Waals surface area contributed by atoms with Gasteiger partial charge >= 0.3 is 5.97 Å². The molecule has 0 aromatic carbocycles. The summed E-state index contributed by atoms with van der Waals surface area (Å²) in [5.74, 6) is -0.320. The largest absolute Gasteiger partial charge is 0.522 e. The molecule has 0 N–H and O–H groups in total. The van der Waals surface area contributed by atoms with Gasteiger partial charge in [-0.15, -0.1) is 11.6 Å². The molecule has 0 aromatic rings. The zero-order chi connectivity index (χ0) is 6.57. The number of carbonyl (C=O) groups is 1. The van der Waals surface area contributed by atoms with Gasteiger partial charge in [0.25, 0.3) is 0 Å². The summed E-state index contributed by atoms with van der Waals surface area (Å²) in [4.78, 5) is 10.3. The van der Waals surface area contributed by atoms with E-state index in [1.807, 2.05) is 13.1 Å². The smallest absolute Gasteiger partial charge is 0.307 e. The first-order valence-corrected chi connectivity index (χ1v) is 5.73. The lowest BCUT2D eigenvalue weighted by Gasteiger charge is -2.02. The molecule has 0 aliphatic heterocycles. The first kappa shape index (κ1) is 7.98. The summed E-state index contributed by atoms with van der Waals surface area (Å²) in [5.41, 5.74) is 0. The molecular formula is C4H9ClO2Si. The molecular weight excluding hydrogens is 144 g/mol. The van der Waals surface area contributed by atoms with Crippen molar-refractivity contribution in [1.29, 1.82) is 0 Å². The van der Waals surface area contributed by atoms with Crippen LogP contribution in [-0.2, 0) is 9.22 Å². The minimum absolute atomic E-state index is 0.0226. The summed E-state index contributed by atoms with van der Waals surface area (Å²) < 4.78 is 4.77. The Morgan fingerprint density at radius 1 is 1.75 bits per heavy atom. The third-order valence-electron chi connectivity index (χ3n) is 0.476. The molecule has 48 valence electrons. The lowest BCUT2D eigenvalue weighted by molar-refractivity contribution is -0.131. The predicted molar refractivity (Wildman–Crippen MR) is 35.7 cm³/mol. The lowest BCUT2D eigenvalue weighted by atomic mass is 10.8. The van der Waals surface area contributed by atoms with Crippen LogP contribution in [0.2, 0.25) is 13.1 Å². The molecule has 0 saturated carbocycles. The van der Waals surface area contributed by atoms with Crippen molar-refractivity contribution in [3.63, 3.8) is 0 Å². The van der Waals surface area contributed by atoms with E-state index in [0.29, 0.717) is 0 Å². The van der Waals surface area contributed by atoms with Crippen LogP contribution in [0.5, 0.6) is 0 Å². The maximum atomic E-state index is 10.3. The van der Waals surface area contributed by atoms with Gasteiger partial charge in [0, 0.05) is 0 Å². The zero-order valence-electron chi connectivity index (χ0n) is 4.98. The monoisotopic (exact) mass is 152 g/mol. The van der Waals surface area contributed by atoms with E-state index in [1.54, 1.807) is 0 Å². The minimum atomic E-state index is -1.18. The van der Waals surface area contributed by atoms with Gasteiger partial charge in [0.1, 0.15) is 5.88 Å². The first-order chi connectivity index (χ1) is 3.66. The van der Waals surface area contributed by atoms with Crippen molar-refractivity contribution in [2.45, 2.75) is 13.1 Å². The van der Waals surface area contributed by atoms with Gasteiger partial charge in [-0.05, 0) is 13.1 Å². The van der Waals surface area contributed by atoms with Crippen LogP contribution in [0.4, 0.5) is 0 Å². The second-order valence-electron chi connectivity index (χ2n) is 1.67. The highest BCUT2D eigenvalue weighted by Crippen LogP contribution is 1.86. The number of rotatable bonds is 2. The molecule has 0 heterocycles. The number of hydrogen-bond donors (Lipinski definition) is 0. The van der Waals surface area contributed by atoms with Gasteiger partial charge in [-0.1, -0.05) is 0 Å². The summed E-state index contributed by atoms with van der Waals surface area (Å²) >= 11 is 5.14. The lowest BCUT2D eigenvalue weighted by Crippen LogP contribution is -2.15. The normalized spacial score (nSPS) is 9.50. The summed E-state index contributed by atoms with van der Waals surface area (Å²) in [6.07, 6.45) is 0. The zero-order valence-corrected chi connectivity index (χ0v) is 6.89. The van der Waals surface area contributed by atoms with Crippen molar-refractivity contribution in [3.8, 4) is 0 Å². The van der Waals surface area contributed by atoms with Crippen LogP contribution in [0.3, 0.4) is 0 Å². The molecule has 0 radical (unpaired) electrons. The van der Waals surface area contributed by atoms with Crippen LogP contribution < -0.4 is 0 Å². The van der Waals surface area contributed by atoms with E-state index in [1.165, 1.54) is 0 Å². The van der Waals surface area contributed by atoms with Crippen LogP contribution in [0.25, 0.3) is 0 Å². The summed E-state index contributed by atoms with van der Waals surface area (Å²) in [6, 6.07) is 0. The Morgan fingerprint density at radius 2 is 2.25 bits per heavy atom. The Hall–Kier alpha value is -0.0231. The van der Waals surface area contributed by atoms with E-state index in [4.69, 9.17) is 16.0 Å². The minimum Gasteiger partial charge on any atom is -0.522 e. The Bertz CT molecular complexity index is 84.1. The van der Waals surface area contributed by atoms with Crippen LogP contribution >= 0.6 is 11.6 Å². The maximum absolute atomic E-state index is 10.3. The van der Waals surface area contributed by atoms with Gasteiger partial charge in [0.2, 0.25) is 9.04 Å². The molecule has 0 atom stereocenters. The second-order valence-corrected chi connectivity index (χ2v) is 4.27. The van der Waals surface area contributed by atoms with Crippen molar-refractivity contribution in [1.82, 2.24) is 0 Å². The number of alkyl halides is 1. The number of carbonyl (C=O) groups excluding carboxylic acids is 1.